The van der Waals surface area contributed by atoms with E-state index in [2.05, 4.69) is 24.5 Å². The molecule has 0 atom stereocenters. The molecule has 1 fully saturated rings. The van der Waals surface area contributed by atoms with Gasteiger partial charge in [0.1, 0.15) is 0 Å². The Hall–Kier alpha value is -0.260. The lowest BCUT2D eigenvalue weighted by atomic mass is 10.2. The molecule has 1 amide bonds. The Labute approximate surface area is 115 Å². The number of nitrogens with one attached hydrogen (secondary N) is 2. The van der Waals surface area contributed by atoms with E-state index in [4.69, 9.17) is 4.74 Å². The summed E-state index contributed by atoms with van der Waals surface area (Å²) in [6, 6.07) is 0. The molecule has 1 heterocycles. The first-order chi connectivity index (χ1) is 8.68. The van der Waals surface area contributed by atoms with Crippen LogP contribution in [0.3, 0.4) is 0 Å². The Balaban J connectivity index is 1.93. The van der Waals surface area contributed by atoms with E-state index in [1.54, 1.807) is 11.8 Å². The highest BCUT2D eigenvalue weighted by Crippen LogP contribution is 2.19. The standard InChI is InChI=1S/C13H26N2O2S/c1-11(2)9-17-8-7-15-13(16)10-18-12-3-5-14-6-4-12/h11-12,14H,3-10H2,1-2H3,(H,15,16). The maximum absolute atomic E-state index is 11.6. The molecule has 0 saturated carbocycles. The smallest absolute Gasteiger partial charge is 0.230 e. The molecule has 0 aliphatic carbocycles. The van der Waals surface area contributed by atoms with Gasteiger partial charge < -0.3 is 15.4 Å². The SMILES string of the molecule is CC(C)COCCNC(=O)CSC1CCNCC1. The predicted molar refractivity (Wildman–Crippen MR) is 77.0 cm³/mol. The number of amides is 1. The number of ether oxygens (including phenoxy) is 1. The van der Waals surface area contributed by atoms with Gasteiger partial charge in [-0.15, -0.1) is 11.8 Å². The molecule has 106 valence electrons. The number of carbonyl (C=O) groups excluding carboxylic acids is 1. The number of thioether (sulfide) groups is 1. The second kappa shape index (κ2) is 9.64. The topological polar surface area (TPSA) is 50.4 Å². The molecule has 1 aliphatic heterocycles. The molecule has 2 N–H and O–H groups in total. The van der Waals surface area contributed by atoms with Crippen LogP contribution in [0.25, 0.3) is 0 Å². The number of piperidine rings is 1. The number of rotatable bonds is 8. The van der Waals surface area contributed by atoms with Crippen LogP contribution in [0.1, 0.15) is 26.7 Å². The van der Waals surface area contributed by atoms with Gasteiger partial charge in [0.15, 0.2) is 0 Å². The van der Waals surface area contributed by atoms with Gasteiger partial charge in [0.25, 0.3) is 0 Å². The van der Waals surface area contributed by atoms with Gasteiger partial charge in [-0.3, -0.25) is 4.79 Å². The van der Waals surface area contributed by atoms with Crippen molar-refractivity contribution in [3.8, 4) is 0 Å². The van der Waals surface area contributed by atoms with Crippen molar-refractivity contribution in [2.45, 2.75) is 31.9 Å². The van der Waals surface area contributed by atoms with Crippen molar-refractivity contribution < 1.29 is 9.53 Å². The highest BCUT2D eigenvalue weighted by Gasteiger charge is 2.14. The lowest BCUT2D eigenvalue weighted by molar-refractivity contribution is -0.118. The summed E-state index contributed by atoms with van der Waals surface area (Å²) in [5.41, 5.74) is 0. The van der Waals surface area contributed by atoms with E-state index in [1.165, 1.54) is 12.8 Å². The van der Waals surface area contributed by atoms with Crippen molar-refractivity contribution in [3.05, 3.63) is 0 Å². The fourth-order valence-corrected chi connectivity index (χ4v) is 2.85. The maximum atomic E-state index is 11.6. The fourth-order valence-electron chi connectivity index (χ4n) is 1.79. The van der Waals surface area contributed by atoms with Gasteiger partial charge >= 0.3 is 0 Å². The molecule has 0 unspecified atom stereocenters. The van der Waals surface area contributed by atoms with E-state index in [9.17, 15) is 4.79 Å². The van der Waals surface area contributed by atoms with Crippen LogP contribution in [-0.4, -0.2) is 49.8 Å². The summed E-state index contributed by atoms with van der Waals surface area (Å²) >= 11 is 1.78. The summed E-state index contributed by atoms with van der Waals surface area (Å²) < 4.78 is 5.41. The van der Waals surface area contributed by atoms with Gasteiger partial charge in [0.05, 0.1) is 12.4 Å². The van der Waals surface area contributed by atoms with Crippen molar-refractivity contribution in [2.24, 2.45) is 5.92 Å². The molecule has 18 heavy (non-hydrogen) atoms. The molecule has 0 spiro atoms. The van der Waals surface area contributed by atoms with Gasteiger partial charge in [-0.1, -0.05) is 13.8 Å². The van der Waals surface area contributed by atoms with Gasteiger partial charge in [-0.05, 0) is 31.8 Å². The average molecular weight is 274 g/mol. The minimum absolute atomic E-state index is 0.131. The minimum Gasteiger partial charge on any atom is -0.379 e. The quantitative estimate of drug-likeness (QED) is 0.654. The van der Waals surface area contributed by atoms with Crippen LogP contribution in [-0.2, 0) is 9.53 Å². The summed E-state index contributed by atoms with van der Waals surface area (Å²) in [5.74, 6) is 1.26. The molecule has 0 aromatic carbocycles. The first kappa shape index (κ1) is 15.8. The van der Waals surface area contributed by atoms with Crippen LogP contribution in [0, 0.1) is 5.92 Å². The number of hydrogen-bond donors (Lipinski definition) is 2. The second-order valence-electron chi connectivity index (χ2n) is 5.08. The Bertz CT molecular complexity index is 231. The molecule has 4 nitrogen and oxygen atoms in total. The van der Waals surface area contributed by atoms with Crippen molar-refractivity contribution in [2.75, 3.05) is 38.6 Å². The lowest BCUT2D eigenvalue weighted by Gasteiger charge is -2.21. The van der Waals surface area contributed by atoms with Crippen LogP contribution >= 0.6 is 11.8 Å². The zero-order valence-electron chi connectivity index (χ0n) is 11.5. The Kier molecular flexibility index (Phi) is 8.46. The van der Waals surface area contributed by atoms with E-state index >= 15 is 0 Å². The van der Waals surface area contributed by atoms with Crippen molar-refractivity contribution in [1.82, 2.24) is 10.6 Å². The summed E-state index contributed by atoms with van der Waals surface area (Å²) in [5, 5.41) is 6.87. The van der Waals surface area contributed by atoms with Crippen molar-refractivity contribution in [1.29, 1.82) is 0 Å². The third-order valence-electron chi connectivity index (χ3n) is 2.76. The van der Waals surface area contributed by atoms with E-state index in [0.717, 1.165) is 19.7 Å². The molecule has 0 radical (unpaired) electrons. The number of hydrogen-bond acceptors (Lipinski definition) is 4. The van der Waals surface area contributed by atoms with E-state index < -0.39 is 0 Å². The van der Waals surface area contributed by atoms with Crippen molar-refractivity contribution in [3.63, 3.8) is 0 Å². The third kappa shape index (κ3) is 7.95. The van der Waals surface area contributed by atoms with E-state index in [0.29, 0.717) is 30.1 Å². The molecular weight excluding hydrogens is 248 g/mol. The summed E-state index contributed by atoms with van der Waals surface area (Å²) in [7, 11) is 0. The highest BCUT2D eigenvalue weighted by molar-refractivity contribution is 8.00. The van der Waals surface area contributed by atoms with E-state index in [1.807, 2.05) is 0 Å². The van der Waals surface area contributed by atoms with Crippen LogP contribution < -0.4 is 10.6 Å². The monoisotopic (exact) mass is 274 g/mol. The second-order valence-corrected chi connectivity index (χ2v) is 6.37. The normalized spacial score (nSPS) is 17.1. The van der Waals surface area contributed by atoms with E-state index in [-0.39, 0.29) is 5.91 Å². The number of carbonyl (C=O) groups is 1. The zero-order valence-corrected chi connectivity index (χ0v) is 12.4. The van der Waals surface area contributed by atoms with Crippen LogP contribution in [0.5, 0.6) is 0 Å². The molecule has 0 aromatic heterocycles. The minimum atomic E-state index is 0.131. The molecule has 1 rings (SSSR count). The Morgan fingerprint density at radius 1 is 1.44 bits per heavy atom. The fraction of sp³-hybridized carbons (Fsp3) is 0.923. The Morgan fingerprint density at radius 2 is 2.17 bits per heavy atom. The van der Waals surface area contributed by atoms with Gasteiger partial charge in [-0.25, -0.2) is 0 Å². The average Bonchev–Trinajstić information content (AvgIpc) is 2.37. The van der Waals surface area contributed by atoms with Gasteiger partial charge in [0.2, 0.25) is 5.91 Å². The molecule has 1 saturated heterocycles. The maximum Gasteiger partial charge on any atom is 0.230 e. The van der Waals surface area contributed by atoms with Crippen molar-refractivity contribution >= 4 is 17.7 Å². The largest absolute Gasteiger partial charge is 0.379 e. The molecule has 1 aliphatic rings. The first-order valence-corrected chi connectivity index (χ1v) is 7.90. The van der Waals surface area contributed by atoms with Crippen LogP contribution in [0.2, 0.25) is 0 Å². The molecule has 0 bridgehead atoms. The summed E-state index contributed by atoms with van der Waals surface area (Å²) in [6.45, 7) is 8.41. The lowest BCUT2D eigenvalue weighted by Crippen LogP contribution is -2.32. The van der Waals surface area contributed by atoms with Gasteiger partial charge in [-0.2, -0.15) is 0 Å². The predicted octanol–water partition coefficient (Wildman–Crippen LogP) is 1.26. The summed E-state index contributed by atoms with van der Waals surface area (Å²) in [6.07, 6.45) is 2.35. The molecular formula is C13H26N2O2S. The van der Waals surface area contributed by atoms with Crippen LogP contribution in [0.4, 0.5) is 0 Å². The first-order valence-electron chi connectivity index (χ1n) is 6.85. The summed E-state index contributed by atoms with van der Waals surface area (Å²) in [4.78, 5) is 11.6. The van der Waals surface area contributed by atoms with Gasteiger partial charge in [0, 0.05) is 18.4 Å². The van der Waals surface area contributed by atoms with Crippen LogP contribution in [0.15, 0.2) is 0 Å². The molecule has 5 heteroatoms. The molecule has 0 aromatic rings. The zero-order chi connectivity index (χ0) is 13.2. The highest BCUT2D eigenvalue weighted by atomic mass is 32.2. The Morgan fingerprint density at radius 3 is 2.83 bits per heavy atom. The third-order valence-corrected chi connectivity index (χ3v) is 4.13.